The van der Waals surface area contributed by atoms with Crippen molar-refractivity contribution in [2.75, 3.05) is 6.61 Å². The summed E-state index contributed by atoms with van der Waals surface area (Å²) >= 11 is 9.49. The monoisotopic (exact) mass is 371 g/mol. The second kappa shape index (κ2) is 6.04. The van der Waals surface area contributed by atoms with Crippen molar-refractivity contribution in [2.24, 2.45) is 0 Å². The van der Waals surface area contributed by atoms with Crippen LogP contribution in [0.5, 0.6) is 0 Å². The molecule has 0 saturated carbocycles. The third-order valence-corrected chi connectivity index (χ3v) is 4.14. The van der Waals surface area contributed by atoms with Gasteiger partial charge in [0, 0.05) is 5.02 Å². The fourth-order valence-electron chi connectivity index (χ4n) is 2.39. The maximum absolute atomic E-state index is 6.21. The molecular weight excluding hydrogens is 358 g/mol. The number of hydrogen-bond donors (Lipinski definition) is 0. The number of aromatic nitrogens is 3. The van der Waals surface area contributed by atoms with E-state index in [1.54, 1.807) is 11.0 Å². The van der Waals surface area contributed by atoms with Gasteiger partial charge >= 0.3 is 0 Å². The molecule has 21 heavy (non-hydrogen) atoms. The minimum Gasteiger partial charge on any atom is -0.348 e. The molecule has 0 N–H and O–H groups in total. The molecule has 1 fully saturated rings. The molecule has 2 aromatic rings. The van der Waals surface area contributed by atoms with Gasteiger partial charge in [-0.2, -0.15) is 5.10 Å². The normalized spacial score (nSPS) is 26.9. The van der Waals surface area contributed by atoms with Crippen molar-refractivity contribution in [2.45, 2.75) is 30.2 Å². The highest BCUT2D eigenvalue weighted by Crippen LogP contribution is 2.37. The van der Waals surface area contributed by atoms with Gasteiger partial charge in [-0.15, -0.1) is 0 Å². The number of ether oxygens (including phenoxy) is 2. The lowest BCUT2D eigenvalue weighted by Gasteiger charge is -2.28. The summed E-state index contributed by atoms with van der Waals surface area (Å²) < 4.78 is 13.8. The number of nitrogens with zero attached hydrogens (tertiary/aromatic N) is 3. The Morgan fingerprint density at radius 1 is 1.48 bits per heavy atom. The topological polar surface area (TPSA) is 49.2 Å². The van der Waals surface area contributed by atoms with Crippen molar-refractivity contribution < 1.29 is 9.47 Å². The van der Waals surface area contributed by atoms with Crippen LogP contribution in [0.1, 0.15) is 12.5 Å². The maximum Gasteiger partial charge on any atom is 0.171 e. The van der Waals surface area contributed by atoms with Crippen molar-refractivity contribution in [1.29, 1.82) is 0 Å². The molecular formula is C14H15BrClN3O2. The molecule has 2 heterocycles. The predicted molar refractivity (Wildman–Crippen MR) is 82.4 cm³/mol. The molecule has 3 unspecified atom stereocenters. The lowest BCUT2D eigenvalue weighted by atomic mass is 9.94. The zero-order chi connectivity index (χ0) is 14.9. The van der Waals surface area contributed by atoms with Gasteiger partial charge in [-0.25, -0.2) is 9.67 Å². The Labute approximate surface area is 136 Å². The summed E-state index contributed by atoms with van der Waals surface area (Å²) in [5.41, 5.74) is 0.420. The molecule has 3 rings (SSSR count). The molecule has 7 heteroatoms. The van der Waals surface area contributed by atoms with E-state index in [0.29, 0.717) is 18.2 Å². The Morgan fingerprint density at radius 3 is 2.81 bits per heavy atom. The molecule has 0 aliphatic carbocycles. The van der Waals surface area contributed by atoms with Crippen LogP contribution in [-0.2, 0) is 21.6 Å². The van der Waals surface area contributed by atoms with E-state index in [4.69, 9.17) is 21.1 Å². The van der Waals surface area contributed by atoms with Crippen LogP contribution in [0.3, 0.4) is 0 Å². The minimum atomic E-state index is -0.592. The predicted octanol–water partition coefficient (Wildman–Crippen LogP) is 2.98. The van der Waals surface area contributed by atoms with E-state index in [1.165, 1.54) is 6.33 Å². The van der Waals surface area contributed by atoms with Gasteiger partial charge in [-0.3, -0.25) is 0 Å². The summed E-state index contributed by atoms with van der Waals surface area (Å²) in [4.78, 5) is 4.08. The Morgan fingerprint density at radius 2 is 2.24 bits per heavy atom. The second-order valence-corrected chi connectivity index (χ2v) is 6.95. The first-order valence-electron chi connectivity index (χ1n) is 6.61. The lowest BCUT2D eigenvalue weighted by molar-refractivity contribution is -0.0949. The average molecular weight is 373 g/mol. The Bertz CT molecular complexity index is 591. The van der Waals surface area contributed by atoms with Crippen LogP contribution in [0.2, 0.25) is 5.02 Å². The van der Waals surface area contributed by atoms with E-state index in [-0.39, 0.29) is 11.1 Å². The van der Waals surface area contributed by atoms with Crippen LogP contribution in [0.15, 0.2) is 36.9 Å². The van der Waals surface area contributed by atoms with Crippen molar-refractivity contribution in [3.05, 3.63) is 47.5 Å². The smallest absolute Gasteiger partial charge is 0.171 e. The summed E-state index contributed by atoms with van der Waals surface area (Å²) in [6, 6.07) is 7.64. The molecule has 112 valence electrons. The SMILES string of the molecule is CC(Br)C1OCC(Cn2cncn2)(c2ccc(Cl)cc2)O1. The quantitative estimate of drug-likeness (QED) is 0.774. The highest BCUT2D eigenvalue weighted by molar-refractivity contribution is 9.09. The molecule has 3 atom stereocenters. The molecule has 1 aliphatic rings. The highest BCUT2D eigenvalue weighted by Gasteiger charge is 2.44. The van der Waals surface area contributed by atoms with Crippen molar-refractivity contribution in [1.82, 2.24) is 14.8 Å². The highest BCUT2D eigenvalue weighted by atomic mass is 79.9. The first-order valence-corrected chi connectivity index (χ1v) is 7.90. The zero-order valence-electron chi connectivity index (χ0n) is 11.4. The van der Waals surface area contributed by atoms with Gasteiger partial charge in [0.2, 0.25) is 0 Å². The fourth-order valence-corrected chi connectivity index (χ4v) is 2.78. The van der Waals surface area contributed by atoms with E-state index < -0.39 is 5.60 Å². The summed E-state index contributed by atoms with van der Waals surface area (Å²) in [5, 5.41) is 4.86. The Balaban J connectivity index is 1.93. The lowest BCUT2D eigenvalue weighted by Crippen LogP contribution is -2.35. The first-order chi connectivity index (χ1) is 10.1. The van der Waals surface area contributed by atoms with Crippen molar-refractivity contribution in [3.63, 3.8) is 0 Å². The van der Waals surface area contributed by atoms with Crippen molar-refractivity contribution >= 4 is 27.5 Å². The summed E-state index contributed by atoms with van der Waals surface area (Å²) in [7, 11) is 0. The summed E-state index contributed by atoms with van der Waals surface area (Å²) in [6.07, 6.45) is 2.88. The second-order valence-electron chi connectivity index (χ2n) is 5.07. The Hall–Kier alpha value is -0.950. The summed E-state index contributed by atoms with van der Waals surface area (Å²) in [5.74, 6) is 0. The van der Waals surface area contributed by atoms with E-state index in [2.05, 4.69) is 26.0 Å². The molecule has 5 nitrogen and oxygen atoms in total. The molecule has 0 radical (unpaired) electrons. The number of halogens is 2. The molecule has 1 aromatic heterocycles. The van der Waals surface area contributed by atoms with Gasteiger partial charge in [-0.1, -0.05) is 39.7 Å². The Kier molecular flexibility index (Phi) is 4.31. The van der Waals surface area contributed by atoms with E-state index in [0.717, 1.165) is 5.56 Å². The minimum absolute atomic E-state index is 0.0995. The number of rotatable bonds is 4. The zero-order valence-corrected chi connectivity index (χ0v) is 13.8. The van der Waals surface area contributed by atoms with Gasteiger partial charge in [0.15, 0.2) is 6.29 Å². The van der Waals surface area contributed by atoms with Crippen LogP contribution in [-0.4, -0.2) is 32.5 Å². The van der Waals surface area contributed by atoms with Gasteiger partial charge < -0.3 is 9.47 Å². The largest absolute Gasteiger partial charge is 0.348 e. The van der Waals surface area contributed by atoms with Gasteiger partial charge in [0.25, 0.3) is 0 Å². The van der Waals surface area contributed by atoms with Gasteiger partial charge in [0.1, 0.15) is 18.3 Å². The van der Waals surface area contributed by atoms with E-state index in [9.17, 15) is 0 Å². The number of alkyl halides is 1. The number of hydrogen-bond acceptors (Lipinski definition) is 4. The van der Waals surface area contributed by atoms with Crippen molar-refractivity contribution in [3.8, 4) is 0 Å². The molecule has 1 aliphatic heterocycles. The van der Waals surface area contributed by atoms with Crippen LogP contribution in [0.25, 0.3) is 0 Å². The maximum atomic E-state index is 6.21. The molecule has 0 amide bonds. The summed E-state index contributed by atoms with van der Waals surface area (Å²) in [6.45, 7) is 2.98. The van der Waals surface area contributed by atoms with Gasteiger partial charge in [-0.05, 0) is 24.6 Å². The molecule has 1 saturated heterocycles. The van der Waals surface area contributed by atoms with Gasteiger partial charge in [0.05, 0.1) is 18.0 Å². The molecule has 1 aromatic carbocycles. The fraction of sp³-hybridized carbons (Fsp3) is 0.429. The van der Waals surface area contributed by atoms with Crippen LogP contribution >= 0.6 is 27.5 Å². The van der Waals surface area contributed by atoms with Crippen LogP contribution in [0, 0.1) is 0 Å². The molecule has 0 bridgehead atoms. The third-order valence-electron chi connectivity index (χ3n) is 3.45. The van der Waals surface area contributed by atoms with E-state index >= 15 is 0 Å². The van der Waals surface area contributed by atoms with E-state index in [1.807, 2.05) is 31.2 Å². The standard InChI is InChI=1S/C14H15BrClN3O2/c1-10(15)13-20-7-14(21-13,6-19-9-17-8-18-19)11-2-4-12(16)5-3-11/h2-5,8-10,13H,6-7H2,1H3. The first kappa shape index (κ1) is 15.0. The van der Waals surface area contributed by atoms with Crippen LogP contribution < -0.4 is 0 Å². The van der Waals surface area contributed by atoms with Crippen LogP contribution in [0.4, 0.5) is 0 Å². The third kappa shape index (κ3) is 3.13. The number of benzene rings is 1. The molecule has 0 spiro atoms. The average Bonchev–Trinajstić information content (AvgIpc) is 3.10.